The molecule has 549 valence electrons. The van der Waals surface area contributed by atoms with Gasteiger partial charge in [0.05, 0.1) is 40.7 Å². The average molecular weight is 1650 g/mol. The Kier molecular flexibility index (Phi) is 28.2. The second-order valence-electron chi connectivity index (χ2n) is 24.6. The fraction of sp³-hybridized carbons (Fsp3) is 0.333. The van der Waals surface area contributed by atoms with Crippen molar-refractivity contribution in [3.63, 3.8) is 0 Å². The second kappa shape index (κ2) is 34.7. The third kappa shape index (κ3) is 22.5. The molecule has 8 heterocycles. The Labute approximate surface area is 613 Å². The quantitative estimate of drug-likeness (QED) is 0.0460. The fourth-order valence-electron chi connectivity index (χ4n) is 9.56. The van der Waals surface area contributed by atoms with Crippen molar-refractivity contribution in [2.45, 2.75) is 65.1 Å². The molecule has 6 amide bonds. The number of hydrogen-bond donors (Lipinski definition) is 3. The van der Waals surface area contributed by atoms with E-state index in [1.54, 1.807) is 34.1 Å². The molecule has 2 aliphatic heterocycles. The van der Waals surface area contributed by atoms with Crippen molar-refractivity contribution in [1.82, 2.24) is 59.1 Å². The van der Waals surface area contributed by atoms with Gasteiger partial charge in [-0.25, -0.2) is 43.7 Å². The third-order valence-electron chi connectivity index (χ3n) is 14.5. The van der Waals surface area contributed by atoms with E-state index >= 15 is 0 Å². The molecule has 2 saturated heterocycles. The predicted molar refractivity (Wildman–Crippen MR) is 354 cm³/mol. The van der Waals surface area contributed by atoms with Gasteiger partial charge in [-0.15, -0.1) is 0 Å². The minimum Gasteiger partial charge on any atom is -0.478 e. The molecule has 1 radical (unpaired) electrons. The van der Waals surface area contributed by atoms with E-state index in [1.807, 2.05) is 14.1 Å². The van der Waals surface area contributed by atoms with E-state index in [9.17, 15) is 69.8 Å². The van der Waals surface area contributed by atoms with Gasteiger partial charge in [-0.2, -0.15) is 36.5 Å². The first-order valence-corrected chi connectivity index (χ1v) is 30.2. The minimum atomic E-state index is -4.77. The van der Waals surface area contributed by atoms with Gasteiger partial charge in [0.1, 0.15) is 54.7 Å². The molecule has 0 unspecified atom stereocenters. The first kappa shape index (κ1) is 83.6. The number of aldehydes is 1. The van der Waals surface area contributed by atoms with Crippen LogP contribution in [-0.4, -0.2) is 215 Å². The van der Waals surface area contributed by atoms with E-state index in [0.29, 0.717) is 85.4 Å². The number of piperazine rings is 2. The Balaban J connectivity index is 0.000000357. The molecule has 0 bridgehead atoms. The number of ether oxygens (including phenoxy) is 2. The number of aromatic carboxylic acids is 1. The molecule has 29 nitrogen and oxygen atoms in total. The smallest absolute Gasteiger partial charge is 0.416 e. The molecule has 0 saturated carbocycles. The van der Waals surface area contributed by atoms with Gasteiger partial charge in [-0.1, -0.05) is 0 Å². The molecular formula is C66H72F6N16O13VW-2. The molecule has 6 aromatic heterocycles. The summed E-state index contributed by atoms with van der Waals surface area (Å²) in [5.74, 6) is -4.61. The van der Waals surface area contributed by atoms with Crippen LogP contribution in [0.3, 0.4) is 0 Å². The number of alkyl halides is 6. The Hall–Kier alpha value is -10.1. The number of oxazole rings is 2. The van der Waals surface area contributed by atoms with Gasteiger partial charge in [0.2, 0.25) is 11.8 Å². The predicted octanol–water partition coefficient (Wildman–Crippen LogP) is 10.1. The van der Waals surface area contributed by atoms with Crippen LogP contribution in [0, 0.1) is 14.9 Å². The summed E-state index contributed by atoms with van der Waals surface area (Å²) in [6.45, 7) is 10.1. The summed E-state index contributed by atoms with van der Waals surface area (Å²) < 4.78 is 104. The number of carbonyl (C=O) groups is 8. The van der Waals surface area contributed by atoms with Crippen LogP contribution in [0.2, 0.25) is 0 Å². The van der Waals surface area contributed by atoms with Crippen molar-refractivity contribution in [3.8, 4) is 34.3 Å². The first-order valence-electron chi connectivity index (χ1n) is 30.2. The summed E-state index contributed by atoms with van der Waals surface area (Å²) in [5, 5.41) is 23.4. The zero-order valence-corrected chi connectivity index (χ0v) is 61.6. The Morgan fingerprint density at radius 1 is 0.573 bits per heavy atom. The van der Waals surface area contributed by atoms with Crippen LogP contribution in [0.1, 0.15) is 104 Å². The molecule has 37 heteroatoms. The van der Waals surface area contributed by atoms with E-state index in [1.165, 1.54) is 99.7 Å². The maximum absolute atomic E-state index is 13.6. The summed E-state index contributed by atoms with van der Waals surface area (Å²) in [4.78, 5) is 126. The summed E-state index contributed by atoms with van der Waals surface area (Å²) in [6.07, 6.45) is -4.15. The summed E-state index contributed by atoms with van der Waals surface area (Å²) in [6, 6.07) is 17.2. The number of nitrogens with zero attached hydrogens (tertiary/aromatic N) is 14. The van der Waals surface area contributed by atoms with Crippen LogP contribution in [-0.2, 0) is 49.1 Å². The maximum Gasteiger partial charge on any atom is 0.416 e. The van der Waals surface area contributed by atoms with E-state index in [4.69, 9.17) is 18.3 Å². The van der Waals surface area contributed by atoms with E-state index in [-0.39, 0.29) is 123 Å². The average Bonchev–Trinajstić information content (AvgIpc) is 1.72. The monoisotopic (exact) mass is 1650 g/mol. The molecule has 8 aromatic rings. The van der Waals surface area contributed by atoms with Gasteiger partial charge < -0.3 is 68.5 Å². The van der Waals surface area contributed by atoms with Gasteiger partial charge >= 0.3 is 30.5 Å². The number of hydrogen-bond acceptors (Lipinski definition) is 20. The van der Waals surface area contributed by atoms with Crippen LogP contribution in [0.25, 0.3) is 34.3 Å². The summed E-state index contributed by atoms with van der Waals surface area (Å²) in [5.41, 5.74) is -0.909. The second-order valence-corrected chi connectivity index (χ2v) is 24.6. The van der Waals surface area contributed by atoms with Gasteiger partial charge in [0.25, 0.3) is 23.6 Å². The third-order valence-corrected chi connectivity index (χ3v) is 14.5. The number of anilines is 4. The molecule has 2 aromatic carbocycles. The molecule has 3 N–H and O–H groups in total. The maximum atomic E-state index is 13.6. The SMILES string of the molecule is CN1CCN(C(=O)c2nn(-c3ccc(C(=O)O)cc3)cc2NC(=O)c2coc(-c3ccnc(N(CC(F)(F)F)C(=O)OC(C)(C)C)c3)n2)CC1.CN1CCN(C(=O)c2nn(-c3ccc(C=O)cc3)cc2NC(=O)c2coc(-c3ccnc(N(CC(F)(F)F)C(=O)OC(C)(C)C)c3)n2)CC1.[CH3-].[CH3-].[V].[W]. The van der Waals surface area contributed by atoms with Crippen LogP contribution in [0.5, 0.6) is 0 Å². The number of aromatic nitrogens is 8. The number of rotatable bonds is 16. The number of nitrogens with one attached hydrogen (secondary N) is 2. The molecule has 0 aliphatic carbocycles. The van der Waals surface area contributed by atoms with Crippen molar-refractivity contribution in [3.05, 3.63) is 159 Å². The Morgan fingerprint density at radius 2 is 0.932 bits per heavy atom. The summed E-state index contributed by atoms with van der Waals surface area (Å²) >= 11 is 0. The number of pyridine rings is 2. The van der Waals surface area contributed by atoms with E-state index in [2.05, 4.69) is 50.6 Å². The zero-order valence-electron chi connectivity index (χ0n) is 57.3. The number of carboxylic acids is 1. The number of carboxylic acid groups (broad SMARTS) is 1. The van der Waals surface area contributed by atoms with Crippen LogP contribution < -0.4 is 20.4 Å². The standard InChI is InChI=1S/C32H33F3N8O7.C32H33F3N8O6.2CH3.V.W/c1-31(2,3)50-30(48)42(18-32(33,34)35)24-15-20(9-10-36-24)27-38-23(17-49-27)26(44)37-22-16-43(21-7-5-19(6-8-21)29(46)47)39-25(22)28(45)41-13-11-40(4)12-14-41;1-31(2,3)49-30(47)42(19-32(33,34)35)25-15-21(9-10-36-25)28-38-24(18-48-28)27(45)37-23-16-43(22-7-5-20(17-44)6-8-22)39-26(23)29(46)41-13-11-40(4)12-14-41;;;;/h5-10,15-17H,11-14,18H2,1-4H3,(H,37,44)(H,46,47);5-10,15-18H,11-14,19H2,1-4H3,(H,37,45);2*1H3;;/q;;2*-1;;. The Bertz CT molecular complexity index is 4290. The Morgan fingerprint density at radius 3 is 1.26 bits per heavy atom. The van der Waals surface area contributed by atoms with Crippen molar-refractivity contribution in [2.24, 2.45) is 0 Å². The normalized spacial score (nSPS) is 13.4. The fourth-order valence-corrected chi connectivity index (χ4v) is 9.56. The molecule has 103 heavy (non-hydrogen) atoms. The first-order chi connectivity index (χ1) is 46.6. The molecule has 0 atom stereocenters. The number of amides is 6. The molecule has 2 fully saturated rings. The van der Waals surface area contributed by atoms with Gasteiger partial charge in [-0.05, 0) is 128 Å². The van der Waals surface area contributed by atoms with Crippen molar-refractivity contribution >= 4 is 71.1 Å². The van der Waals surface area contributed by atoms with Crippen LogP contribution >= 0.6 is 0 Å². The van der Waals surface area contributed by atoms with Crippen LogP contribution in [0.4, 0.5) is 58.9 Å². The van der Waals surface area contributed by atoms with Gasteiger partial charge in [0, 0.05) is 121 Å². The van der Waals surface area contributed by atoms with Crippen molar-refractivity contribution < 1.29 is 128 Å². The van der Waals surface area contributed by atoms with E-state index in [0.717, 1.165) is 37.1 Å². The number of likely N-dealkylation sites (N-methyl/N-ethyl adjacent to an activating group) is 2. The molecule has 0 spiro atoms. The van der Waals surface area contributed by atoms with Gasteiger partial charge in [-0.3, -0.25) is 33.8 Å². The van der Waals surface area contributed by atoms with Gasteiger partial charge in [0.15, 0.2) is 22.8 Å². The van der Waals surface area contributed by atoms with E-state index < -0.39 is 84.2 Å². The minimum absolute atomic E-state index is 0. The zero-order chi connectivity index (χ0) is 71.9. The van der Waals surface area contributed by atoms with Crippen molar-refractivity contribution in [1.29, 1.82) is 0 Å². The summed E-state index contributed by atoms with van der Waals surface area (Å²) in [7, 11) is 3.88. The largest absolute Gasteiger partial charge is 0.478 e. The van der Waals surface area contributed by atoms with Crippen molar-refractivity contribution in [2.75, 3.05) is 100.0 Å². The number of benzene rings is 2. The molecular weight excluding hydrogens is 1570 g/mol. The molecule has 2 aliphatic rings. The number of halogens is 6. The van der Waals surface area contributed by atoms with Crippen LogP contribution in [0.15, 0.2) is 119 Å². The molecule has 10 rings (SSSR count). The number of carbonyl (C=O) groups excluding carboxylic acids is 7. The topological polar surface area (TPSA) is 332 Å².